The molecule has 3 N–H and O–H groups in total. The van der Waals surface area contributed by atoms with E-state index in [0.717, 1.165) is 80.8 Å². The smallest absolute Gasteiger partial charge is 0.317 e. The molecule has 3 amide bonds. The second-order valence-electron chi connectivity index (χ2n) is 14.4. The summed E-state index contributed by atoms with van der Waals surface area (Å²) in [5, 5.41) is 4.18. The third-order valence-corrected chi connectivity index (χ3v) is 11.4. The standard InChI is InChI=1S/C37H47N7O3/c1-4-39-37(46)42-14-12-23(13-15-42)28-7-5-6-24-17-31(44(33(24)28)20-22-8-9-22)35-40-30-16-26(18-32(47-3)34(30)41(35)2)36(45)43-21-25-10-11-27(43)19-29(25)38/h5-7,16-18,22-23,25,27,29H,4,8-15,19-21,38H2,1-3H3,(H,39,46)/t25-,27-,29+/m1/s1. The number of hydrogen-bond acceptors (Lipinski definition) is 5. The first kappa shape index (κ1) is 30.3. The monoisotopic (exact) mass is 637 g/mol. The lowest BCUT2D eigenvalue weighted by atomic mass is 9.76. The molecular formula is C37H47N7O3. The average molecular weight is 638 g/mol. The number of carbonyl (C=O) groups excluding carboxylic acids is 2. The van der Waals surface area contributed by atoms with Crippen molar-refractivity contribution in [3.63, 3.8) is 0 Å². The number of ether oxygens (including phenoxy) is 1. The quantitative estimate of drug-likeness (QED) is 0.279. The lowest BCUT2D eigenvalue weighted by Gasteiger charge is -2.48. The Kier molecular flexibility index (Phi) is 7.66. The van der Waals surface area contributed by atoms with Gasteiger partial charge in [-0.3, -0.25) is 4.79 Å². The van der Waals surface area contributed by atoms with Gasteiger partial charge in [-0.15, -0.1) is 0 Å². The molecule has 0 spiro atoms. The molecule has 10 heteroatoms. The summed E-state index contributed by atoms with van der Waals surface area (Å²) in [6, 6.07) is 13.3. The Morgan fingerprint density at radius 2 is 1.85 bits per heavy atom. The van der Waals surface area contributed by atoms with E-state index in [0.29, 0.717) is 35.6 Å². The molecule has 2 aromatic heterocycles. The van der Waals surface area contributed by atoms with Crippen molar-refractivity contribution in [1.82, 2.24) is 29.2 Å². The Morgan fingerprint density at radius 3 is 2.53 bits per heavy atom. The van der Waals surface area contributed by atoms with Gasteiger partial charge < -0.3 is 34.7 Å². The number of piperidine rings is 3. The van der Waals surface area contributed by atoms with Gasteiger partial charge in [0.2, 0.25) is 0 Å². The van der Waals surface area contributed by atoms with Crippen LogP contribution in [0.3, 0.4) is 0 Å². The highest BCUT2D eigenvalue weighted by Crippen LogP contribution is 2.42. The number of rotatable bonds is 7. The third kappa shape index (κ3) is 5.25. The fraction of sp³-hybridized carbons (Fsp3) is 0.541. The Bertz CT molecular complexity index is 1850. The van der Waals surface area contributed by atoms with E-state index in [1.165, 1.54) is 29.3 Å². The van der Waals surface area contributed by atoms with Crippen molar-refractivity contribution in [2.75, 3.05) is 33.3 Å². The van der Waals surface area contributed by atoms with E-state index in [2.05, 4.69) is 45.8 Å². The highest BCUT2D eigenvalue weighted by atomic mass is 16.5. The Hall–Kier alpha value is -4.05. The number of carbonyl (C=O) groups is 2. The summed E-state index contributed by atoms with van der Waals surface area (Å²) in [5.74, 6) is 3.01. The van der Waals surface area contributed by atoms with Crippen LogP contribution in [0, 0.1) is 11.8 Å². The summed E-state index contributed by atoms with van der Waals surface area (Å²) in [5.41, 5.74) is 12.4. The van der Waals surface area contributed by atoms with Crippen molar-refractivity contribution >= 4 is 33.9 Å². The second kappa shape index (κ2) is 11.9. The van der Waals surface area contributed by atoms with E-state index >= 15 is 0 Å². The number of imidazole rings is 1. The van der Waals surface area contributed by atoms with Crippen LogP contribution < -0.4 is 15.8 Å². The van der Waals surface area contributed by atoms with Gasteiger partial charge in [0.05, 0.1) is 23.8 Å². The molecule has 0 unspecified atom stereocenters. The molecule has 248 valence electrons. The predicted octanol–water partition coefficient (Wildman–Crippen LogP) is 5.47. The number of methoxy groups -OCH3 is 1. The minimum atomic E-state index is 0.0399. The van der Waals surface area contributed by atoms with Crippen LogP contribution in [-0.2, 0) is 13.6 Å². The molecular weight excluding hydrogens is 590 g/mol. The van der Waals surface area contributed by atoms with E-state index in [1.54, 1.807) is 7.11 Å². The van der Waals surface area contributed by atoms with Crippen LogP contribution >= 0.6 is 0 Å². The van der Waals surface area contributed by atoms with Crippen molar-refractivity contribution in [3.05, 3.63) is 47.5 Å². The van der Waals surface area contributed by atoms with Crippen molar-refractivity contribution in [3.8, 4) is 17.3 Å². The molecule has 3 atom stereocenters. The van der Waals surface area contributed by atoms with Crippen LogP contribution in [0.2, 0.25) is 0 Å². The van der Waals surface area contributed by atoms with Crippen molar-refractivity contribution < 1.29 is 14.3 Å². The van der Waals surface area contributed by atoms with Crippen molar-refractivity contribution in [2.24, 2.45) is 24.6 Å². The van der Waals surface area contributed by atoms with E-state index in [9.17, 15) is 9.59 Å². The number of amides is 3. The fourth-order valence-electron chi connectivity index (χ4n) is 8.66. The van der Waals surface area contributed by atoms with Crippen LogP contribution in [0.1, 0.15) is 73.7 Å². The third-order valence-electron chi connectivity index (χ3n) is 11.4. The molecule has 3 aliphatic heterocycles. The molecule has 4 aromatic rings. The first-order valence-electron chi connectivity index (χ1n) is 17.6. The van der Waals surface area contributed by atoms with Gasteiger partial charge in [-0.2, -0.15) is 0 Å². The number of nitrogens with one attached hydrogen (secondary N) is 1. The number of para-hydroxylation sites is 1. The molecule has 2 bridgehead atoms. The maximum Gasteiger partial charge on any atom is 0.317 e. The van der Waals surface area contributed by atoms with E-state index in [-0.39, 0.29) is 24.0 Å². The second-order valence-corrected chi connectivity index (χ2v) is 14.4. The number of fused-ring (bicyclic) bond motifs is 5. The zero-order valence-electron chi connectivity index (χ0n) is 27.9. The topological polar surface area (TPSA) is 111 Å². The van der Waals surface area contributed by atoms with Crippen LogP contribution in [0.4, 0.5) is 4.79 Å². The first-order valence-corrected chi connectivity index (χ1v) is 17.6. The number of nitrogens with two attached hydrogens (primary N) is 1. The number of aryl methyl sites for hydroxylation is 1. The largest absolute Gasteiger partial charge is 0.494 e. The van der Waals surface area contributed by atoms with Gasteiger partial charge in [-0.1, -0.05) is 18.2 Å². The molecule has 2 aliphatic carbocycles. The van der Waals surface area contributed by atoms with E-state index in [1.807, 2.05) is 28.9 Å². The molecule has 5 fully saturated rings. The molecule has 5 heterocycles. The van der Waals surface area contributed by atoms with Crippen LogP contribution in [-0.4, -0.2) is 81.2 Å². The number of hydrogen-bond donors (Lipinski definition) is 2. The maximum atomic E-state index is 13.9. The molecule has 2 aromatic carbocycles. The zero-order valence-corrected chi connectivity index (χ0v) is 27.9. The molecule has 9 rings (SSSR count). The van der Waals surface area contributed by atoms with Gasteiger partial charge in [0.15, 0.2) is 5.82 Å². The number of benzene rings is 2. The van der Waals surface area contributed by atoms with E-state index < -0.39 is 0 Å². The van der Waals surface area contributed by atoms with Crippen LogP contribution in [0.25, 0.3) is 33.5 Å². The number of aromatic nitrogens is 3. The predicted molar refractivity (Wildman–Crippen MR) is 184 cm³/mol. The summed E-state index contributed by atoms with van der Waals surface area (Å²) >= 11 is 0. The molecule has 10 nitrogen and oxygen atoms in total. The maximum absolute atomic E-state index is 13.9. The summed E-state index contributed by atoms with van der Waals surface area (Å²) < 4.78 is 10.6. The van der Waals surface area contributed by atoms with Gasteiger partial charge >= 0.3 is 6.03 Å². The van der Waals surface area contributed by atoms with Crippen LogP contribution in [0.15, 0.2) is 36.4 Å². The van der Waals surface area contributed by atoms with E-state index in [4.69, 9.17) is 15.5 Å². The molecule has 3 saturated heterocycles. The molecule has 2 saturated carbocycles. The SMILES string of the molecule is CCNC(=O)N1CCC(c2cccc3cc(-c4nc5cc(C(=O)N6C[C@H]7CC[C@@H]6C[C@@H]7N)cc(OC)c5n4C)n(CC4CC4)c23)CC1. The summed E-state index contributed by atoms with van der Waals surface area (Å²) in [7, 11) is 3.72. The Morgan fingerprint density at radius 1 is 1.04 bits per heavy atom. The molecule has 0 radical (unpaired) electrons. The van der Waals surface area contributed by atoms with Crippen molar-refractivity contribution in [1.29, 1.82) is 0 Å². The Balaban J connectivity index is 1.18. The zero-order chi connectivity index (χ0) is 32.4. The van der Waals surface area contributed by atoms with Gasteiger partial charge in [0.1, 0.15) is 11.3 Å². The normalized spacial score (nSPS) is 23.2. The highest BCUT2D eigenvalue weighted by Gasteiger charge is 2.41. The number of nitrogens with zero attached hydrogens (tertiary/aromatic N) is 5. The van der Waals surface area contributed by atoms with Gasteiger partial charge in [-0.05, 0) is 93.4 Å². The summed E-state index contributed by atoms with van der Waals surface area (Å²) in [6.07, 6.45) is 7.40. The summed E-state index contributed by atoms with van der Waals surface area (Å²) in [6.45, 7) is 5.83. The molecule has 47 heavy (non-hydrogen) atoms. The van der Waals surface area contributed by atoms with Crippen molar-refractivity contribution in [2.45, 2.75) is 76.4 Å². The highest BCUT2D eigenvalue weighted by molar-refractivity contribution is 6.00. The minimum Gasteiger partial charge on any atom is -0.494 e. The number of urea groups is 1. The minimum absolute atomic E-state index is 0.0399. The lowest BCUT2D eigenvalue weighted by Crippen LogP contribution is -2.58. The fourth-order valence-corrected chi connectivity index (χ4v) is 8.66. The Labute approximate surface area is 276 Å². The number of likely N-dealkylation sites (tertiary alicyclic amines) is 1. The lowest BCUT2D eigenvalue weighted by molar-refractivity contribution is 0.0261. The first-order chi connectivity index (χ1) is 22.8. The van der Waals surface area contributed by atoms with Crippen LogP contribution in [0.5, 0.6) is 5.75 Å². The average Bonchev–Trinajstić information content (AvgIpc) is 3.76. The van der Waals surface area contributed by atoms with Gasteiger partial charge in [0, 0.05) is 62.8 Å². The van der Waals surface area contributed by atoms with Gasteiger partial charge in [-0.25, -0.2) is 9.78 Å². The molecule has 5 aliphatic rings. The van der Waals surface area contributed by atoms with Gasteiger partial charge in [0.25, 0.3) is 5.91 Å². The summed E-state index contributed by atoms with van der Waals surface area (Å²) in [4.78, 5) is 35.6.